The molecule has 1 aliphatic heterocycles. The predicted octanol–water partition coefficient (Wildman–Crippen LogP) is 5.54. The molecule has 1 saturated heterocycles. The molecule has 154 valence electrons. The molecule has 0 aliphatic carbocycles. The quantitative estimate of drug-likeness (QED) is 0.550. The van der Waals surface area contributed by atoms with Gasteiger partial charge in [0, 0.05) is 4.47 Å². The summed E-state index contributed by atoms with van der Waals surface area (Å²) in [5.74, 6) is -5.93. The summed E-state index contributed by atoms with van der Waals surface area (Å²) in [4.78, 5) is 24.8. The largest absolute Gasteiger partial charge is 0.457 e. The molecule has 0 amide bonds. The van der Waals surface area contributed by atoms with Gasteiger partial charge in [-0.3, -0.25) is 9.59 Å². The highest BCUT2D eigenvalue weighted by atomic mass is 79.9. The normalized spacial score (nSPS) is 23.2. The highest BCUT2D eigenvalue weighted by Crippen LogP contribution is 2.46. The van der Waals surface area contributed by atoms with E-state index in [1.807, 2.05) is 0 Å². The Balaban J connectivity index is 1.94. The molecule has 1 aliphatic rings. The van der Waals surface area contributed by atoms with Crippen molar-refractivity contribution in [3.8, 4) is 0 Å². The number of esters is 2. The number of hydrogen-bond donors (Lipinski definition) is 0. The molecule has 0 spiro atoms. The number of cyclic esters (lactones) is 1. The molecule has 3 unspecified atom stereocenters. The SMILES string of the molecule is C[C@H](OC(=O)C1C(c2ccc(Br)cc2)OC(=O)CC1C(F)(F)F)c1ccccc1. The van der Waals surface area contributed by atoms with E-state index in [0.717, 1.165) is 0 Å². The minimum Gasteiger partial charge on any atom is -0.457 e. The van der Waals surface area contributed by atoms with Gasteiger partial charge in [-0.05, 0) is 30.2 Å². The van der Waals surface area contributed by atoms with E-state index < -0.39 is 48.6 Å². The second kappa shape index (κ2) is 8.57. The fourth-order valence-corrected chi connectivity index (χ4v) is 3.62. The van der Waals surface area contributed by atoms with E-state index in [2.05, 4.69) is 15.9 Å². The summed E-state index contributed by atoms with van der Waals surface area (Å²) in [6.45, 7) is 1.58. The van der Waals surface area contributed by atoms with Crippen molar-refractivity contribution in [2.75, 3.05) is 0 Å². The monoisotopic (exact) mass is 470 g/mol. The van der Waals surface area contributed by atoms with Crippen LogP contribution in [0.2, 0.25) is 0 Å². The zero-order valence-corrected chi connectivity index (χ0v) is 16.9. The number of hydrogen-bond acceptors (Lipinski definition) is 4. The third kappa shape index (κ3) is 4.98. The van der Waals surface area contributed by atoms with Gasteiger partial charge in [0.25, 0.3) is 0 Å². The Morgan fingerprint density at radius 2 is 1.76 bits per heavy atom. The molecular weight excluding hydrogens is 453 g/mol. The number of carbonyl (C=O) groups is 2. The van der Waals surface area contributed by atoms with Crippen LogP contribution in [0.15, 0.2) is 59.1 Å². The fourth-order valence-electron chi connectivity index (χ4n) is 3.36. The van der Waals surface area contributed by atoms with Crippen LogP contribution < -0.4 is 0 Å². The summed E-state index contributed by atoms with van der Waals surface area (Å²) in [6.07, 6.45) is -7.81. The van der Waals surface area contributed by atoms with Crippen molar-refractivity contribution >= 4 is 27.9 Å². The van der Waals surface area contributed by atoms with Gasteiger partial charge in [0.05, 0.1) is 12.3 Å². The Bertz CT molecular complexity index is 868. The van der Waals surface area contributed by atoms with Crippen LogP contribution in [-0.2, 0) is 19.1 Å². The summed E-state index contributed by atoms with van der Waals surface area (Å²) < 4.78 is 52.4. The first kappa shape index (κ1) is 21.4. The van der Waals surface area contributed by atoms with Crippen molar-refractivity contribution in [3.05, 3.63) is 70.2 Å². The van der Waals surface area contributed by atoms with Gasteiger partial charge in [-0.2, -0.15) is 13.2 Å². The molecule has 1 fully saturated rings. The van der Waals surface area contributed by atoms with Gasteiger partial charge in [0.15, 0.2) is 0 Å². The van der Waals surface area contributed by atoms with E-state index in [-0.39, 0.29) is 0 Å². The number of benzene rings is 2. The third-order valence-corrected chi connectivity index (χ3v) is 5.39. The van der Waals surface area contributed by atoms with Crippen LogP contribution in [0.3, 0.4) is 0 Å². The first-order valence-electron chi connectivity index (χ1n) is 8.94. The molecule has 29 heavy (non-hydrogen) atoms. The fraction of sp³-hybridized carbons (Fsp3) is 0.333. The number of ether oxygens (including phenoxy) is 2. The van der Waals surface area contributed by atoms with Crippen LogP contribution in [0.25, 0.3) is 0 Å². The molecule has 4 atom stereocenters. The molecule has 4 nitrogen and oxygen atoms in total. The maximum Gasteiger partial charge on any atom is 0.393 e. The molecule has 0 radical (unpaired) electrons. The molecule has 0 saturated carbocycles. The standard InChI is InChI=1S/C21H18BrF3O4/c1-12(13-5-3-2-4-6-13)28-20(27)18-16(21(23,24)25)11-17(26)29-19(18)14-7-9-15(22)10-8-14/h2-10,12,16,18-19H,11H2,1H3/t12-,16?,18?,19?/m0/s1. The molecular formula is C21H18BrF3O4. The third-order valence-electron chi connectivity index (χ3n) is 4.86. The topological polar surface area (TPSA) is 52.6 Å². The van der Waals surface area contributed by atoms with Crippen LogP contribution >= 0.6 is 15.9 Å². The van der Waals surface area contributed by atoms with Gasteiger partial charge in [0.2, 0.25) is 0 Å². The van der Waals surface area contributed by atoms with E-state index in [1.165, 1.54) is 12.1 Å². The maximum absolute atomic E-state index is 13.7. The molecule has 1 heterocycles. The number of alkyl halides is 3. The Morgan fingerprint density at radius 1 is 1.14 bits per heavy atom. The van der Waals surface area contributed by atoms with Crippen LogP contribution in [0, 0.1) is 11.8 Å². The Kier molecular flexibility index (Phi) is 6.31. The minimum absolute atomic E-state index is 0.296. The summed E-state index contributed by atoms with van der Waals surface area (Å²) in [5.41, 5.74) is 0.946. The molecule has 0 N–H and O–H groups in total. The Labute approximate surface area is 174 Å². The van der Waals surface area contributed by atoms with Crippen LogP contribution in [0.1, 0.15) is 36.7 Å². The lowest BCUT2D eigenvalue weighted by atomic mass is 9.79. The molecule has 0 bridgehead atoms. The van der Waals surface area contributed by atoms with E-state index in [4.69, 9.17) is 9.47 Å². The second-order valence-electron chi connectivity index (χ2n) is 6.83. The van der Waals surface area contributed by atoms with Crippen molar-refractivity contribution in [2.24, 2.45) is 11.8 Å². The van der Waals surface area contributed by atoms with Crippen LogP contribution in [0.5, 0.6) is 0 Å². The Morgan fingerprint density at radius 3 is 2.34 bits per heavy atom. The van der Waals surface area contributed by atoms with Crippen molar-refractivity contribution < 1.29 is 32.2 Å². The lowest BCUT2D eigenvalue weighted by Gasteiger charge is -2.37. The van der Waals surface area contributed by atoms with Gasteiger partial charge in [-0.25, -0.2) is 0 Å². The first-order chi connectivity index (χ1) is 13.7. The van der Waals surface area contributed by atoms with E-state index in [1.54, 1.807) is 49.4 Å². The molecule has 3 rings (SSSR count). The second-order valence-corrected chi connectivity index (χ2v) is 7.75. The summed E-state index contributed by atoms with van der Waals surface area (Å²) >= 11 is 3.25. The molecule has 2 aromatic carbocycles. The first-order valence-corrected chi connectivity index (χ1v) is 9.73. The van der Waals surface area contributed by atoms with Crippen LogP contribution in [0.4, 0.5) is 13.2 Å². The lowest BCUT2D eigenvalue weighted by Crippen LogP contribution is -2.45. The van der Waals surface area contributed by atoms with Gasteiger partial charge >= 0.3 is 18.1 Å². The van der Waals surface area contributed by atoms with E-state index >= 15 is 0 Å². The average molecular weight is 471 g/mol. The van der Waals surface area contributed by atoms with Gasteiger partial charge in [-0.15, -0.1) is 0 Å². The lowest BCUT2D eigenvalue weighted by molar-refractivity contribution is -0.230. The summed E-state index contributed by atoms with van der Waals surface area (Å²) in [5, 5.41) is 0. The Hall–Kier alpha value is -2.35. The zero-order valence-electron chi connectivity index (χ0n) is 15.4. The number of carbonyl (C=O) groups excluding carboxylic acids is 2. The van der Waals surface area contributed by atoms with Crippen molar-refractivity contribution in [2.45, 2.75) is 31.7 Å². The van der Waals surface area contributed by atoms with Gasteiger partial charge < -0.3 is 9.47 Å². The van der Waals surface area contributed by atoms with Crippen molar-refractivity contribution in [1.82, 2.24) is 0 Å². The number of rotatable bonds is 4. The zero-order chi connectivity index (χ0) is 21.2. The maximum atomic E-state index is 13.7. The smallest absolute Gasteiger partial charge is 0.393 e. The van der Waals surface area contributed by atoms with E-state index in [0.29, 0.717) is 15.6 Å². The van der Waals surface area contributed by atoms with Gasteiger partial charge in [-0.1, -0.05) is 58.4 Å². The predicted molar refractivity (Wildman–Crippen MR) is 102 cm³/mol. The molecule has 2 aromatic rings. The van der Waals surface area contributed by atoms with Crippen molar-refractivity contribution in [1.29, 1.82) is 0 Å². The van der Waals surface area contributed by atoms with Crippen LogP contribution in [-0.4, -0.2) is 18.1 Å². The summed E-state index contributed by atoms with van der Waals surface area (Å²) in [6, 6.07) is 14.9. The highest BCUT2D eigenvalue weighted by molar-refractivity contribution is 9.10. The van der Waals surface area contributed by atoms with Crippen molar-refractivity contribution in [3.63, 3.8) is 0 Å². The van der Waals surface area contributed by atoms with E-state index in [9.17, 15) is 22.8 Å². The minimum atomic E-state index is -4.76. The summed E-state index contributed by atoms with van der Waals surface area (Å²) in [7, 11) is 0. The van der Waals surface area contributed by atoms with Gasteiger partial charge in [0.1, 0.15) is 18.1 Å². The molecule has 8 heteroatoms. The average Bonchev–Trinajstić information content (AvgIpc) is 2.67. The highest BCUT2D eigenvalue weighted by Gasteiger charge is 2.56. The molecule has 0 aromatic heterocycles. The number of halogens is 4.